The Balaban J connectivity index is 2.00. The molecule has 0 bridgehead atoms. The molecule has 2 rings (SSSR count). The van der Waals surface area contributed by atoms with E-state index in [9.17, 15) is 0 Å². The van der Waals surface area contributed by atoms with Crippen LogP contribution < -0.4 is 5.73 Å². The van der Waals surface area contributed by atoms with Gasteiger partial charge in [-0.25, -0.2) is 0 Å². The Morgan fingerprint density at radius 3 is 2.80 bits per heavy atom. The number of rotatable bonds is 7. The lowest BCUT2D eigenvalue weighted by molar-refractivity contribution is 0.0357. The normalized spacial score (nSPS) is 14.2. The molecule has 0 spiro atoms. The number of halogens is 1. The fraction of sp³-hybridized carbons (Fsp3) is 0.375. The number of hydrogen-bond donors (Lipinski definition) is 1. The van der Waals surface area contributed by atoms with Crippen LogP contribution in [0, 0.1) is 0 Å². The maximum Gasteiger partial charge on any atom is 0.0976 e. The molecular weight excluding hydrogens is 290 g/mol. The molecule has 108 valence electrons. The van der Waals surface area contributed by atoms with Crippen molar-refractivity contribution in [1.29, 1.82) is 0 Å². The van der Waals surface area contributed by atoms with Gasteiger partial charge in [0.05, 0.1) is 12.7 Å². The highest BCUT2D eigenvalue weighted by atomic mass is 35.5. The molecule has 4 heteroatoms. The van der Waals surface area contributed by atoms with Gasteiger partial charge in [-0.3, -0.25) is 0 Å². The van der Waals surface area contributed by atoms with E-state index in [1.807, 2.05) is 24.3 Å². The molecular formula is C16H20ClNOS. The van der Waals surface area contributed by atoms with Gasteiger partial charge in [0.1, 0.15) is 0 Å². The minimum atomic E-state index is -0.0985. The maximum absolute atomic E-state index is 6.19. The van der Waals surface area contributed by atoms with Crippen molar-refractivity contribution in [3.8, 4) is 0 Å². The number of hydrogen-bond acceptors (Lipinski definition) is 3. The van der Waals surface area contributed by atoms with Crippen LogP contribution in [0.2, 0.25) is 5.02 Å². The van der Waals surface area contributed by atoms with Gasteiger partial charge in [0.15, 0.2) is 0 Å². The molecule has 2 aromatic rings. The van der Waals surface area contributed by atoms with Gasteiger partial charge < -0.3 is 10.5 Å². The fourth-order valence-corrected chi connectivity index (χ4v) is 2.99. The van der Waals surface area contributed by atoms with Crippen LogP contribution in [0.15, 0.2) is 41.8 Å². The van der Waals surface area contributed by atoms with Gasteiger partial charge in [-0.1, -0.05) is 36.7 Å². The summed E-state index contributed by atoms with van der Waals surface area (Å²) in [4.78, 5) is 1.33. The molecule has 2 N–H and O–H groups in total. The summed E-state index contributed by atoms with van der Waals surface area (Å²) >= 11 is 7.81. The quantitative estimate of drug-likeness (QED) is 0.820. The minimum absolute atomic E-state index is 0.0168. The third kappa shape index (κ3) is 4.32. The van der Waals surface area contributed by atoms with Crippen LogP contribution >= 0.6 is 22.9 Å². The molecule has 1 aromatic carbocycles. The molecule has 1 aromatic heterocycles. The van der Waals surface area contributed by atoms with Crippen LogP contribution in [0.25, 0.3) is 0 Å². The van der Waals surface area contributed by atoms with Crippen molar-refractivity contribution in [1.82, 2.24) is 0 Å². The van der Waals surface area contributed by atoms with Crippen molar-refractivity contribution in [2.75, 3.05) is 6.61 Å². The van der Waals surface area contributed by atoms with E-state index in [0.29, 0.717) is 6.61 Å². The zero-order chi connectivity index (χ0) is 14.4. The van der Waals surface area contributed by atoms with Gasteiger partial charge in [-0.2, -0.15) is 0 Å². The minimum Gasteiger partial charge on any atom is -0.372 e. The predicted molar refractivity (Wildman–Crippen MR) is 86.4 cm³/mol. The summed E-state index contributed by atoms with van der Waals surface area (Å²) in [6.07, 6.45) is 1.69. The van der Waals surface area contributed by atoms with Crippen LogP contribution in [0.1, 0.15) is 29.9 Å². The van der Waals surface area contributed by atoms with Gasteiger partial charge in [-0.15, -0.1) is 11.3 Å². The zero-order valence-corrected chi connectivity index (χ0v) is 13.2. The maximum atomic E-state index is 6.19. The molecule has 0 aliphatic rings. The molecule has 2 atom stereocenters. The molecule has 0 fully saturated rings. The first kappa shape index (κ1) is 15.5. The highest BCUT2D eigenvalue weighted by molar-refractivity contribution is 7.09. The van der Waals surface area contributed by atoms with Gasteiger partial charge in [0.2, 0.25) is 0 Å². The van der Waals surface area contributed by atoms with E-state index in [1.54, 1.807) is 11.3 Å². The van der Waals surface area contributed by atoms with E-state index in [2.05, 4.69) is 24.4 Å². The van der Waals surface area contributed by atoms with Gasteiger partial charge in [0.25, 0.3) is 0 Å². The third-order valence-electron chi connectivity index (χ3n) is 3.26. The number of thiophene rings is 1. The summed E-state index contributed by atoms with van der Waals surface area (Å²) in [5.74, 6) is 0. The Morgan fingerprint density at radius 2 is 2.15 bits per heavy atom. The Kier molecular flexibility index (Phi) is 6.05. The molecule has 0 saturated carbocycles. The van der Waals surface area contributed by atoms with Crippen LogP contribution in [0.3, 0.4) is 0 Å². The summed E-state index contributed by atoms with van der Waals surface area (Å²) in [6, 6.07) is 11.9. The lowest BCUT2D eigenvalue weighted by Crippen LogP contribution is -2.30. The largest absolute Gasteiger partial charge is 0.372 e. The molecule has 2 nitrogen and oxygen atoms in total. The van der Waals surface area contributed by atoms with E-state index >= 15 is 0 Å². The second-order valence-corrected chi connectivity index (χ2v) is 6.22. The smallest absolute Gasteiger partial charge is 0.0976 e. The van der Waals surface area contributed by atoms with Crippen molar-refractivity contribution in [3.05, 3.63) is 57.2 Å². The van der Waals surface area contributed by atoms with E-state index in [0.717, 1.165) is 23.4 Å². The topological polar surface area (TPSA) is 35.2 Å². The highest BCUT2D eigenvalue weighted by Gasteiger charge is 2.19. The summed E-state index contributed by atoms with van der Waals surface area (Å²) in [7, 11) is 0. The lowest BCUT2D eigenvalue weighted by atomic mass is 10.0. The van der Waals surface area contributed by atoms with Crippen LogP contribution in [-0.4, -0.2) is 12.6 Å². The number of benzene rings is 1. The average molecular weight is 310 g/mol. The summed E-state index contributed by atoms with van der Waals surface area (Å²) in [5, 5.41) is 2.80. The van der Waals surface area contributed by atoms with Gasteiger partial charge in [-0.05, 0) is 35.6 Å². The van der Waals surface area contributed by atoms with E-state index < -0.39 is 0 Å². The Hall–Kier alpha value is -0.870. The van der Waals surface area contributed by atoms with E-state index in [4.69, 9.17) is 22.1 Å². The van der Waals surface area contributed by atoms with Crippen molar-refractivity contribution in [2.45, 2.75) is 31.9 Å². The average Bonchev–Trinajstić information content (AvgIpc) is 2.96. The first-order chi connectivity index (χ1) is 9.70. The summed E-state index contributed by atoms with van der Waals surface area (Å²) in [6.45, 7) is 2.75. The van der Waals surface area contributed by atoms with Crippen molar-refractivity contribution in [3.63, 3.8) is 0 Å². The molecule has 2 unspecified atom stereocenters. The number of nitrogens with two attached hydrogens (primary N) is 1. The van der Waals surface area contributed by atoms with E-state index in [1.165, 1.54) is 4.88 Å². The Morgan fingerprint density at radius 1 is 1.30 bits per heavy atom. The monoisotopic (exact) mass is 309 g/mol. The van der Waals surface area contributed by atoms with Gasteiger partial charge in [0, 0.05) is 22.4 Å². The first-order valence-corrected chi connectivity index (χ1v) is 8.11. The SMILES string of the molecule is CCC(N)C(OCCc1cccs1)c1cccc(Cl)c1. The molecule has 0 aliphatic carbocycles. The summed E-state index contributed by atoms with van der Waals surface area (Å²) in [5.41, 5.74) is 7.25. The fourth-order valence-electron chi connectivity index (χ4n) is 2.11. The Labute approximate surface area is 129 Å². The highest BCUT2D eigenvalue weighted by Crippen LogP contribution is 2.25. The standard InChI is InChI=1S/C16H20ClNOS/c1-2-15(18)16(12-5-3-6-13(17)11-12)19-9-8-14-7-4-10-20-14/h3-7,10-11,15-16H,2,8-9,18H2,1H3. The molecule has 0 amide bonds. The van der Waals surface area contributed by atoms with E-state index in [-0.39, 0.29) is 12.1 Å². The Bertz CT molecular complexity index is 515. The van der Waals surface area contributed by atoms with Crippen molar-refractivity contribution < 1.29 is 4.74 Å². The third-order valence-corrected chi connectivity index (χ3v) is 4.43. The second-order valence-electron chi connectivity index (χ2n) is 4.75. The molecule has 1 heterocycles. The van der Waals surface area contributed by atoms with Crippen LogP contribution in [-0.2, 0) is 11.2 Å². The van der Waals surface area contributed by atoms with Crippen molar-refractivity contribution >= 4 is 22.9 Å². The molecule has 0 radical (unpaired) electrons. The van der Waals surface area contributed by atoms with Crippen LogP contribution in [0.5, 0.6) is 0 Å². The first-order valence-electron chi connectivity index (χ1n) is 6.85. The van der Waals surface area contributed by atoms with Gasteiger partial charge >= 0.3 is 0 Å². The summed E-state index contributed by atoms with van der Waals surface area (Å²) < 4.78 is 6.03. The molecule has 0 aliphatic heterocycles. The van der Waals surface area contributed by atoms with Crippen LogP contribution in [0.4, 0.5) is 0 Å². The lowest BCUT2D eigenvalue weighted by Gasteiger charge is -2.24. The second kappa shape index (κ2) is 7.79. The number of ether oxygens (including phenoxy) is 1. The molecule has 20 heavy (non-hydrogen) atoms. The predicted octanol–water partition coefficient (Wildman–Crippen LogP) is 4.44. The zero-order valence-electron chi connectivity index (χ0n) is 11.6. The molecule has 0 saturated heterocycles. The van der Waals surface area contributed by atoms with Crippen molar-refractivity contribution in [2.24, 2.45) is 5.73 Å².